The van der Waals surface area contributed by atoms with E-state index in [0.717, 1.165) is 23.3 Å². The molecular formula is C20H22N2O3S. The van der Waals surface area contributed by atoms with Crippen LogP contribution in [0.4, 0.5) is 5.69 Å². The number of benzene rings is 2. The molecule has 5 nitrogen and oxygen atoms in total. The molecule has 0 heterocycles. The van der Waals surface area contributed by atoms with Crippen LogP contribution in [0.15, 0.2) is 47.4 Å². The molecule has 6 heteroatoms. The highest BCUT2D eigenvalue weighted by Gasteiger charge is 2.20. The van der Waals surface area contributed by atoms with Crippen LogP contribution in [0.2, 0.25) is 0 Å². The summed E-state index contributed by atoms with van der Waals surface area (Å²) in [4.78, 5) is 25.9. The molecule has 0 unspecified atom stereocenters. The summed E-state index contributed by atoms with van der Waals surface area (Å²) in [6, 6.07) is 12.7. The van der Waals surface area contributed by atoms with Crippen LogP contribution < -0.4 is 0 Å². The Hall–Kier alpha value is -2.34. The van der Waals surface area contributed by atoms with Crippen LogP contribution in [0.5, 0.6) is 0 Å². The van der Waals surface area contributed by atoms with Gasteiger partial charge in [-0.25, -0.2) is 0 Å². The Morgan fingerprint density at radius 1 is 1.23 bits per heavy atom. The summed E-state index contributed by atoms with van der Waals surface area (Å²) < 4.78 is 0. The van der Waals surface area contributed by atoms with Gasteiger partial charge in [0, 0.05) is 24.1 Å². The minimum Gasteiger partial charge on any atom is -0.338 e. The van der Waals surface area contributed by atoms with E-state index in [4.69, 9.17) is 0 Å². The van der Waals surface area contributed by atoms with Gasteiger partial charge in [-0.2, -0.15) is 0 Å². The number of nitro benzene ring substituents is 1. The maximum absolute atomic E-state index is 12.6. The average Bonchev–Trinajstić information content (AvgIpc) is 3.12. The van der Waals surface area contributed by atoms with Gasteiger partial charge in [0.2, 0.25) is 5.91 Å². The molecule has 0 bridgehead atoms. The number of fused-ring (bicyclic) bond motifs is 1. The lowest BCUT2D eigenvalue weighted by molar-refractivity contribution is -0.384. The molecule has 0 aromatic heterocycles. The molecule has 0 radical (unpaired) electrons. The lowest BCUT2D eigenvalue weighted by Crippen LogP contribution is -2.31. The molecule has 2 aromatic carbocycles. The van der Waals surface area contributed by atoms with Crippen molar-refractivity contribution in [1.29, 1.82) is 0 Å². The second-order valence-corrected chi connectivity index (χ2v) is 7.65. The van der Waals surface area contributed by atoms with Crippen LogP contribution in [-0.4, -0.2) is 28.5 Å². The van der Waals surface area contributed by atoms with Crippen LogP contribution in [0, 0.1) is 10.1 Å². The fourth-order valence-electron chi connectivity index (χ4n) is 3.22. The van der Waals surface area contributed by atoms with E-state index in [2.05, 4.69) is 18.2 Å². The number of carbonyl (C=O) groups excluding carboxylic acids is 1. The fraction of sp³-hybridized carbons (Fsp3) is 0.350. The number of rotatable bonds is 6. The Labute approximate surface area is 157 Å². The maximum atomic E-state index is 12.6. The van der Waals surface area contributed by atoms with E-state index >= 15 is 0 Å². The van der Waals surface area contributed by atoms with Crippen molar-refractivity contribution in [2.24, 2.45) is 0 Å². The van der Waals surface area contributed by atoms with Crippen molar-refractivity contribution in [3.63, 3.8) is 0 Å². The molecule has 1 aliphatic rings. The lowest BCUT2D eigenvalue weighted by Gasteiger charge is -2.25. The van der Waals surface area contributed by atoms with Gasteiger partial charge in [0.25, 0.3) is 5.69 Å². The molecule has 1 atom stereocenters. The minimum atomic E-state index is -0.415. The summed E-state index contributed by atoms with van der Waals surface area (Å²) in [6.07, 6.45) is 3.50. The Morgan fingerprint density at radius 3 is 2.77 bits per heavy atom. The van der Waals surface area contributed by atoms with E-state index < -0.39 is 4.92 Å². The second kappa shape index (κ2) is 7.91. The molecule has 1 amide bonds. The molecular weight excluding hydrogens is 348 g/mol. The number of aryl methyl sites for hydroxylation is 2. The molecule has 0 fully saturated rings. The predicted octanol–water partition coefficient (Wildman–Crippen LogP) is 4.40. The number of nitrogens with zero attached hydrogens (tertiary/aromatic N) is 2. The Balaban J connectivity index is 1.62. The van der Waals surface area contributed by atoms with Crippen molar-refractivity contribution in [3.8, 4) is 0 Å². The van der Waals surface area contributed by atoms with Crippen LogP contribution in [-0.2, 0) is 17.6 Å². The van der Waals surface area contributed by atoms with Crippen molar-refractivity contribution in [2.45, 2.75) is 37.1 Å². The summed E-state index contributed by atoms with van der Waals surface area (Å²) in [5.74, 6) is 0.365. The Morgan fingerprint density at radius 2 is 2.00 bits per heavy atom. The first kappa shape index (κ1) is 18.5. The monoisotopic (exact) mass is 370 g/mol. The van der Waals surface area contributed by atoms with Gasteiger partial charge in [0.05, 0.1) is 16.7 Å². The molecule has 1 aliphatic carbocycles. The molecule has 0 spiro atoms. The predicted molar refractivity (Wildman–Crippen MR) is 103 cm³/mol. The first-order chi connectivity index (χ1) is 12.5. The van der Waals surface area contributed by atoms with E-state index in [9.17, 15) is 14.9 Å². The van der Waals surface area contributed by atoms with Crippen molar-refractivity contribution < 1.29 is 9.72 Å². The van der Waals surface area contributed by atoms with Gasteiger partial charge in [0.15, 0.2) is 0 Å². The molecule has 3 rings (SSSR count). The van der Waals surface area contributed by atoms with Crippen LogP contribution in [0.3, 0.4) is 0 Å². The number of non-ortho nitro benzene ring substituents is 1. The van der Waals surface area contributed by atoms with Crippen molar-refractivity contribution >= 4 is 23.4 Å². The van der Waals surface area contributed by atoms with Crippen LogP contribution in [0.25, 0.3) is 0 Å². The summed E-state index contributed by atoms with van der Waals surface area (Å²) >= 11 is 1.54. The standard InChI is InChI=1S/C20H22N2O3S/c1-14(16-6-4-8-18(11-16)22(24)25)21(2)20(23)13-26-19-10-9-15-5-3-7-17(15)12-19/h4,6,8-12,14H,3,5,7,13H2,1-2H3/t14-/m0/s1. The maximum Gasteiger partial charge on any atom is 0.269 e. The molecule has 0 saturated carbocycles. The number of nitro groups is 1. The third-order valence-electron chi connectivity index (χ3n) is 4.97. The van der Waals surface area contributed by atoms with Crippen LogP contribution >= 0.6 is 11.8 Å². The summed E-state index contributed by atoms with van der Waals surface area (Å²) in [6.45, 7) is 1.89. The second-order valence-electron chi connectivity index (χ2n) is 6.61. The topological polar surface area (TPSA) is 63.5 Å². The van der Waals surface area contributed by atoms with Crippen molar-refractivity contribution in [1.82, 2.24) is 4.90 Å². The van der Waals surface area contributed by atoms with Crippen molar-refractivity contribution in [2.75, 3.05) is 12.8 Å². The first-order valence-corrected chi connectivity index (χ1v) is 9.69. The first-order valence-electron chi connectivity index (χ1n) is 8.70. The van der Waals surface area contributed by atoms with Gasteiger partial charge in [-0.3, -0.25) is 14.9 Å². The van der Waals surface area contributed by atoms with Gasteiger partial charge < -0.3 is 4.90 Å². The Kier molecular flexibility index (Phi) is 5.61. The minimum absolute atomic E-state index is 0.00880. The van der Waals surface area contributed by atoms with E-state index in [1.807, 2.05) is 13.0 Å². The van der Waals surface area contributed by atoms with Crippen LogP contribution in [0.1, 0.15) is 36.1 Å². The largest absolute Gasteiger partial charge is 0.338 e. The van der Waals surface area contributed by atoms with Gasteiger partial charge in [-0.15, -0.1) is 11.8 Å². The molecule has 0 saturated heterocycles. The molecule has 0 N–H and O–H groups in total. The van der Waals surface area contributed by atoms with E-state index in [1.54, 1.807) is 29.8 Å². The number of carbonyl (C=O) groups is 1. The third-order valence-corrected chi connectivity index (χ3v) is 5.95. The smallest absolute Gasteiger partial charge is 0.269 e. The molecule has 136 valence electrons. The highest BCUT2D eigenvalue weighted by Crippen LogP contribution is 2.29. The highest BCUT2D eigenvalue weighted by atomic mass is 32.2. The number of hydrogen-bond acceptors (Lipinski definition) is 4. The average molecular weight is 370 g/mol. The molecule has 2 aromatic rings. The zero-order valence-electron chi connectivity index (χ0n) is 15.0. The van der Waals surface area contributed by atoms with E-state index in [0.29, 0.717) is 5.75 Å². The summed E-state index contributed by atoms with van der Waals surface area (Å²) in [5, 5.41) is 10.9. The zero-order valence-corrected chi connectivity index (χ0v) is 15.8. The summed E-state index contributed by atoms with van der Waals surface area (Å²) in [5.41, 5.74) is 3.64. The van der Waals surface area contributed by atoms with Gasteiger partial charge in [0.1, 0.15) is 0 Å². The fourth-order valence-corrected chi connectivity index (χ4v) is 4.11. The van der Waals surface area contributed by atoms with Gasteiger partial charge >= 0.3 is 0 Å². The Bertz CT molecular complexity index is 838. The van der Waals surface area contributed by atoms with E-state index in [1.165, 1.54) is 29.7 Å². The molecule has 26 heavy (non-hydrogen) atoms. The van der Waals surface area contributed by atoms with Crippen molar-refractivity contribution in [3.05, 3.63) is 69.3 Å². The lowest BCUT2D eigenvalue weighted by atomic mass is 10.1. The summed E-state index contributed by atoms with van der Waals surface area (Å²) in [7, 11) is 1.75. The van der Waals surface area contributed by atoms with E-state index in [-0.39, 0.29) is 17.6 Å². The zero-order chi connectivity index (χ0) is 18.7. The number of amides is 1. The van der Waals surface area contributed by atoms with Gasteiger partial charge in [-0.1, -0.05) is 18.2 Å². The normalized spacial score (nSPS) is 13.9. The molecule has 0 aliphatic heterocycles. The number of hydrogen-bond donors (Lipinski definition) is 0. The highest BCUT2D eigenvalue weighted by molar-refractivity contribution is 8.00. The SMILES string of the molecule is C[C@@H](c1cccc([N+](=O)[O-])c1)N(C)C(=O)CSc1ccc2c(c1)CCC2. The third kappa shape index (κ3) is 4.07. The number of thioether (sulfide) groups is 1. The quantitative estimate of drug-likeness (QED) is 0.430. The van der Waals surface area contributed by atoms with Gasteiger partial charge in [-0.05, 0) is 55.0 Å².